The van der Waals surface area contributed by atoms with E-state index in [1.54, 1.807) is 18.2 Å². The number of imide groups is 1. The standard InChI is InChI=1S/C27H23BrClNO5S/c1-2-33-23-15-19(14-22(28)25(23)35-17-18-7-6-8-20(29)13-18)16-24-26(31)30(27(32)36-24)11-12-34-21-9-4-3-5-10-21/h3-10,13-16H,2,11-12,17H2,1H3/b24-16-. The predicted octanol–water partition coefficient (Wildman–Crippen LogP) is 7.20. The fourth-order valence-corrected chi connectivity index (χ4v) is 5.12. The normalized spacial score (nSPS) is 14.4. The molecule has 0 saturated carbocycles. The van der Waals surface area contributed by atoms with Crippen LogP contribution >= 0.6 is 39.3 Å². The number of carbonyl (C=O) groups excluding carboxylic acids is 2. The molecule has 0 unspecified atom stereocenters. The maximum absolute atomic E-state index is 12.9. The van der Waals surface area contributed by atoms with Crippen LogP contribution in [-0.2, 0) is 11.4 Å². The number of para-hydroxylation sites is 1. The Morgan fingerprint density at radius 1 is 1.00 bits per heavy atom. The van der Waals surface area contributed by atoms with Gasteiger partial charge in [0.1, 0.15) is 19.0 Å². The number of hydrogen-bond acceptors (Lipinski definition) is 6. The number of hydrogen-bond donors (Lipinski definition) is 0. The first-order valence-electron chi connectivity index (χ1n) is 11.2. The SMILES string of the molecule is CCOc1cc(/C=C2\SC(=O)N(CCOc3ccccc3)C2=O)cc(Br)c1OCc1cccc(Cl)c1. The van der Waals surface area contributed by atoms with E-state index in [0.29, 0.717) is 50.4 Å². The molecule has 0 bridgehead atoms. The summed E-state index contributed by atoms with van der Waals surface area (Å²) in [5, 5.41) is 0.310. The maximum atomic E-state index is 12.9. The van der Waals surface area contributed by atoms with E-state index in [-0.39, 0.29) is 24.3 Å². The van der Waals surface area contributed by atoms with Crippen molar-refractivity contribution >= 4 is 56.5 Å². The lowest BCUT2D eigenvalue weighted by Crippen LogP contribution is -2.32. The van der Waals surface area contributed by atoms with Crippen molar-refractivity contribution in [3.63, 3.8) is 0 Å². The minimum atomic E-state index is -0.350. The topological polar surface area (TPSA) is 65.1 Å². The van der Waals surface area contributed by atoms with E-state index in [0.717, 1.165) is 17.3 Å². The molecule has 1 fully saturated rings. The first-order chi connectivity index (χ1) is 17.4. The van der Waals surface area contributed by atoms with Crippen LogP contribution in [0, 0.1) is 0 Å². The fraction of sp³-hybridized carbons (Fsp3) is 0.185. The second-order valence-corrected chi connectivity index (χ2v) is 9.96. The van der Waals surface area contributed by atoms with E-state index in [1.165, 1.54) is 4.90 Å². The van der Waals surface area contributed by atoms with E-state index in [2.05, 4.69) is 15.9 Å². The summed E-state index contributed by atoms with van der Waals surface area (Å²) in [6, 6.07) is 20.3. The Bertz CT molecular complexity index is 1280. The number of benzene rings is 3. The average molecular weight is 589 g/mol. The van der Waals surface area contributed by atoms with Crippen molar-refractivity contribution in [3.8, 4) is 17.2 Å². The lowest BCUT2D eigenvalue weighted by atomic mass is 10.1. The van der Waals surface area contributed by atoms with E-state index in [9.17, 15) is 9.59 Å². The number of amides is 2. The molecule has 1 aliphatic heterocycles. The third kappa shape index (κ3) is 6.63. The highest BCUT2D eigenvalue weighted by molar-refractivity contribution is 9.10. The molecule has 4 rings (SSSR count). The van der Waals surface area contributed by atoms with Gasteiger partial charge in [0.15, 0.2) is 11.5 Å². The number of halogens is 2. The van der Waals surface area contributed by atoms with Gasteiger partial charge in [0.2, 0.25) is 0 Å². The molecule has 6 nitrogen and oxygen atoms in total. The number of thioether (sulfide) groups is 1. The summed E-state index contributed by atoms with van der Waals surface area (Å²) in [4.78, 5) is 26.9. The first kappa shape index (κ1) is 26.1. The smallest absolute Gasteiger partial charge is 0.293 e. The molecule has 0 spiro atoms. The molecule has 36 heavy (non-hydrogen) atoms. The Hall–Kier alpha value is -2.94. The molecule has 1 saturated heterocycles. The highest BCUT2D eigenvalue weighted by Gasteiger charge is 2.35. The van der Waals surface area contributed by atoms with E-state index in [4.69, 9.17) is 25.8 Å². The van der Waals surface area contributed by atoms with Crippen molar-refractivity contribution in [1.82, 2.24) is 4.90 Å². The number of rotatable bonds is 10. The van der Waals surface area contributed by atoms with Crippen LogP contribution in [0.15, 0.2) is 76.1 Å². The minimum Gasteiger partial charge on any atom is -0.492 e. The highest BCUT2D eigenvalue weighted by atomic mass is 79.9. The first-order valence-corrected chi connectivity index (χ1v) is 13.2. The molecule has 9 heteroatoms. The van der Waals surface area contributed by atoms with Gasteiger partial charge in [0.05, 0.1) is 22.5 Å². The Morgan fingerprint density at radius 3 is 2.56 bits per heavy atom. The number of carbonyl (C=O) groups is 2. The zero-order chi connectivity index (χ0) is 25.5. The van der Waals surface area contributed by atoms with Gasteiger partial charge in [0.25, 0.3) is 11.1 Å². The van der Waals surface area contributed by atoms with Crippen LogP contribution in [0.3, 0.4) is 0 Å². The summed E-state index contributed by atoms with van der Waals surface area (Å²) >= 11 is 10.5. The molecule has 1 heterocycles. The molecule has 0 radical (unpaired) electrons. The largest absolute Gasteiger partial charge is 0.492 e. The second-order valence-electron chi connectivity index (χ2n) is 7.68. The maximum Gasteiger partial charge on any atom is 0.293 e. The summed E-state index contributed by atoms with van der Waals surface area (Å²) < 4.78 is 18.1. The number of ether oxygens (including phenoxy) is 3. The van der Waals surface area contributed by atoms with Crippen molar-refractivity contribution in [2.75, 3.05) is 19.8 Å². The summed E-state index contributed by atoms with van der Waals surface area (Å²) in [6.07, 6.45) is 1.68. The molecular formula is C27H23BrClNO5S. The van der Waals surface area contributed by atoms with Crippen molar-refractivity contribution in [2.45, 2.75) is 13.5 Å². The van der Waals surface area contributed by atoms with Crippen LogP contribution in [0.5, 0.6) is 17.2 Å². The van der Waals surface area contributed by atoms with Crippen LogP contribution < -0.4 is 14.2 Å². The second kappa shape index (κ2) is 12.3. The van der Waals surface area contributed by atoms with Crippen molar-refractivity contribution in [3.05, 3.63) is 92.3 Å². The van der Waals surface area contributed by atoms with Crippen LogP contribution in [0.25, 0.3) is 6.08 Å². The quantitative estimate of drug-likeness (QED) is 0.234. The Kier molecular flexibility index (Phi) is 8.96. The average Bonchev–Trinajstić information content (AvgIpc) is 3.12. The van der Waals surface area contributed by atoms with E-state index in [1.807, 2.05) is 61.5 Å². The van der Waals surface area contributed by atoms with Crippen LogP contribution in [-0.4, -0.2) is 35.8 Å². The fourth-order valence-electron chi connectivity index (χ4n) is 3.47. The zero-order valence-electron chi connectivity index (χ0n) is 19.4. The monoisotopic (exact) mass is 587 g/mol. The van der Waals surface area contributed by atoms with E-state index >= 15 is 0 Å². The lowest BCUT2D eigenvalue weighted by Gasteiger charge is -2.15. The molecule has 0 atom stereocenters. The van der Waals surface area contributed by atoms with Crippen molar-refractivity contribution in [2.24, 2.45) is 0 Å². The molecule has 2 amide bonds. The molecule has 0 aliphatic carbocycles. The Labute approximate surface area is 227 Å². The summed E-state index contributed by atoms with van der Waals surface area (Å²) in [7, 11) is 0. The molecule has 0 N–H and O–H groups in total. The van der Waals surface area contributed by atoms with Gasteiger partial charge in [-0.3, -0.25) is 14.5 Å². The Balaban J connectivity index is 1.47. The third-order valence-electron chi connectivity index (χ3n) is 5.10. The highest BCUT2D eigenvalue weighted by Crippen LogP contribution is 2.39. The molecule has 0 aromatic heterocycles. The molecule has 1 aliphatic rings. The number of nitrogens with zero attached hydrogens (tertiary/aromatic N) is 1. The molecular weight excluding hydrogens is 566 g/mol. The predicted molar refractivity (Wildman–Crippen MR) is 146 cm³/mol. The van der Waals surface area contributed by atoms with Gasteiger partial charge in [-0.15, -0.1) is 0 Å². The molecule has 186 valence electrons. The van der Waals surface area contributed by atoms with Crippen molar-refractivity contribution in [1.29, 1.82) is 0 Å². The summed E-state index contributed by atoms with van der Waals surface area (Å²) in [5.41, 5.74) is 1.62. The van der Waals surface area contributed by atoms with Crippen LogP contribution in [0.2, 0.25) is 5.02 Å². The van der Waals surface area contributed by atoms with Gasteiger partial charge >= 0.3 is 0 Å². The van der Waals surface area contributed by atoms with Gasteiger partial charge in [0, 0.05) is 5.02 Å². The van der Waals surface area contributed by atoms with Gasteiger partial charge in [-0.25, -0.2) is 0 Å². The van der Waals surface area contributed by atoms with Gasteiger partial charge in [-0.05, 0) is 88.2 Å². The van der Waals surface area contributed by atoms with E-state index < -0.39 is 0 Å². The van der Waals surface area contributed by atoms with Gasteiger partial charge in [-0.2, -0.15) is 0 Å². The zero-order valence-corrected chi connectivity index (χ0v) is 22.6. The summed E-state index contributed by atoms with van der Waals surface area (Å²) in [6.45, 7) is 3.00. The lowest BCUT2D eigenvalue weighted by molar-refractivity contribution is -0.123. The Morgan fingerprint density at radius 2 is 1.81 bits per heavy atom. The van der Waals surface area contributed by atoms with Gasteiger partial charge < -0.3 is 14.2 Å². The van der Waals surface area contributed by atoms with Crippen LogP contribution in [0.1, 0.15) is 18.1 Å². The summed E-state index contributed by atoms with van der Waals surface area (Å²) in [5.74, 6) is 1.40. The molecule has 3 aromatic rings. The van der Waals surface area contributed by atoms with Gasteiger partial charge in [-0.1, -0.05) is 41.9 Å². The minimum absolute atomic E-state index is 0.168. The van der Waals surface area contributed by atoms with Crippen LogP contribution in [0.4, 0.5) is 4.79 Å². The van der Waals surface area contributed by atoms with Crippen molar-refractivity contribution < 1.29 is 23.8 Å². The third-order valence-corrected chi connectivity index (χ3v) is 6.83. The molecule has 3 aromatic carbocycles.